The Morgan fingerprint density at radius 3 is 2.23 bits per heavy atom. The van der Waals surface area contributed by atoms with Crippen LogP contribution in [0.2, 0.25) is 0 Å². The van der Waals surface area contributed by atoms with E-state index in [4.69, 9.17) is 4.74 Å². The molecule has 0 saturated carbocycles. The van der Waals surface area contributed by atoms with Gasteiger partial charge >= 0.3 is 12.1 Å². The maximum Gasteiger partial charge on any atom is 0.407 e. The zero-order valence-electron chi connectivity index (χ0n) is 22.7. The first-order valence-electron chi connectivity index (χ1n) is 13.8. The molecule has 1 aliphatic carbocycles. The van der Waals surface area contributed by atoms with Crippen LogP contribution in [0.3, 0.4) is 0 Å². The number of carbonyl (C=O) groups excluding carboxylic acids is 2. The Morgan fingerprint density at radius 2 is 1.57 bits per heavy atom. The van der Waals surface area contributed by atoms with Gasteiger partial charge in [0.25, 0.3) is 0 Å². The Hall–Kier alpha value is -4.17. The third kappa shape index (κ3) is 6.02. The number of ether oxygens (including phenoxy) is 1. The number of hydrogen-bond acceptors (Lipinski definition) is 5. The fourth-order valence-corrected chi connectivity index (χ4v) is 5.89. The summed E-state index contributed by atoms with van der Waals surface area (Å²) in [4.78, 5) is 42.1. The van der Waals surface area contributed by atoms with Crippen molar-refractivity contribution in [3.63, 3.8) is 0 Å². The van der Waals surface area contributed by atoms with Gasteiger partial charge in [0.05, 0.1) is 0 Å². The van der Waals surface area contributed by atoms with Gasteiger partial charge in [-0.3, -0.25) is 9.69 Å². The Bertz CT molecular complexity index is 1320. The summed E-state index contributed by atoms with van der Waals surface area (Å²) in [6.45, 7) is 1.25. The molecule has 3 aromatic rings. The molecule has 5 rings (SSSR count). The predicted octanol–water partition coefficient (Wildman–Crippen LogP) is 4.49. The Morgan fingerprint density at radius 1 is 0.950 bits per heavy atom. The van der Waals surface area contributed by atoms with Crippen LogP contribution in [0.25, 0.3) is 11.1 Å². The molecule has 208 valence electrons. The van der Waals surface area contributed by atoms with Crippen LogP contribution in [0, 0.1) is 0 Å². The molecule has 0 radical (unpaired) electrons. The van der Waals surface area contributed by atoms with Gasteiger partial charge in [-0.2, -0.15) is 0 Å². The summed E-state index contributed by atoms with van der Waals surface area (Å²) >= 11 is 0. The minimum absolute atomic E-state index is 0.105. The van der Waals surface area contributed by atoms with E-state index in [-0.39, 0.29) is 19.1 Å². The van der Waals surface area contributed by atoms with Gasteiger partial charge in [-0.25, -0.2) is 9.59 Å². The summed E-state index contributed by atoms with van der Waals surface area (Å²) in [6.07, 6.45) is 1.18. The quantitative estimate of drug-likeness (QED) is 0.414. The van der Waals surface area contributed by atoms with Crippen LogP contribution in [0.1, 0.15) is 41.9 Å². The summed E-state index contributed by atoms with van der Waals surface area (Å²) < 4.78 is 5.73. The number of rotatable bonds is 9. The molecule has 40 heavy (non-hydrogen) atoms. The van der Waals surface area contributed by atoms with E-state index in [1.807, 2.05) is 66.5 Å². The van der Waals surface area contributed by atoms with Crippen LogP contribution >= 0.6 is 0 Å². The molecular weight excluding hydrogens is 506 g/mol. The van der Waals surface area contributed by atoms with Crippen molar-refractivity contribution in [1.82, 2.24) is 15.1 Å². The molecule has 0 spiro atoms. The van der Waals surface area contributed by atoms with E-state index >= 15 is 0 Å². The van der Waals surface area contributed by atoms with Gasteiger partial charge < -0.3 is 20.1 Å². The van der Waals surface area contributed by atoms with Crippen LogP contribution in [-0.2, 0) is 20.9 Å². The standard InChI is InChI=1S/C32H35N3O5/c1-34(19-22-11-3-2-4-12-22)20-28(30(36)35-18-10-9-17-29(35)31(37)38)33-32(39)40-21-27-25-15-7-5-13-23(25)24-14-6-8-16-26(24)27/h2-8,11-16,27-29H,9-10,17-21H2,1H3,(H,33,39)(H,37,38)/t28?,29-/m1/s1. The number of nitrogens with one attached hydrogen (secondary N) is 1. The summed E-state index contributed by atoms with van der Waals surface area (Å²) in [5.74, 6) is -1.53. The highest BCUT2D eigenvalue weighted by Crippen LogP contribution is 2.44. The molecule has 1 saturated heterocycles. The van der Waals surface area contributed by atoms with E-state index in [1.165, 1.54) is 4.90 Å². The highest BCUT2D eigenvalue weighted by Gasteiger charge is 2.37. The van der Waals surface area contributed by atoms with Crippen LogP contribution in [-0.4, -0.2) is 71.7 Å². The number of likely N-dealkylation sites (tertiary alicyclic amines) is 1. The fraction of sp³-hybridized carbons (Fsp3) is 0.344. The molecule has 1 unspecified atom stereocenters. The lowest BCUT2D eigenvalue weighted by Gasteiger charge is -2.36. The lowest BCUT2D eigenvalue weighted by molar-refractivity contribution is -0.153. The van der Waals surface area contributed by atoms with Crippen molar-refractivity contribution in [3.8, 4) is 11.1 Å². The number of carboxylic acid groups (broad SMARTS) is 1. The smallest absolute Gasteiger partial charge is 0.407 e. The molecule has 1 fully saturated rings. The van der Waals surface area contributed by atoms with Crippen molar-refractivity contribution in [1.29, 1.82) is 0 Å². The average Bonchev–Trinajstić information content (AvgIpc) is 3.29. The number of likely N-dealkylation sites (N-methyl/N-ethyl adjacent to an activating group) is 1. The van der Waals surface area contributed by atoms with Crippen molar-refractivity contribution in [2.24, 2.45) is 0 Å². The van der Waals surface area contributed by atoms with E-state index in [0.717, 1.165) is 40.7 Å². The maximum atomic E-state index is 13.7. The number of carbonyl (C=O) groups is 3. The lowest BCUT2D eigenvalue weighted by atomic mass is 9.98. The van der Waals surface area contributed by atoms with Gasteiger partial charge in [0, 0.05) is 25.6 Å². The molecule has 1 aliphatic heterocycles. The topological polar surface area (TPSA) is 99.2 Å². The molecular formula is C32H35N3O5. The molecule has 8 nitrogen and oxygen atoms in total. The molecule has 2 aliphatic rings. The van der Waals surface area contributed by atoms with E-state index in [9.17, 15) is 19.5 Å². The number of aliphatic carboxylic acids is 1. The number of fused-ring (bicyclic) bond motifs is 3. The SMILES string of the molecule is CN(Cc1ccccc1)CC(NC(=O)OCC1c2ccccc2-c2ccccc21)C(=O)N1CCCC[C@@H]1C(=O)O. The Kier molecular flexibility index (Phi) is 8.45. The van der Waals surface area contributed by atoms with Gasteiger partial charge in [-0.1, -0.05) is 78.9 Å². The molecule has 0 aromatic heterocycles. The van der Waals surface area contributed by atoms with E-state index in [0.29, 0.717) is 19.5 Å². The first-order chi connectivity index (χ1) is 19.4. The monoisotopic (exact) mass is 541 g/mol. The maximum absolute atomic E-state index is 13.7. The number of benzene rings is 3. The summed E-state index contributed by atoms with van der Waals surface area (Å²) in [6, 6.07) is 24.2. The van der Waals surface area contributed by atoms with E-state index < -0.39 is 30.1 Å². The normalized spacial score (nSPS) is 17.1. The summed E-state index contributed by atoms with van der Waals surface area (Å²) in [5, 5.41) is 12.5. The average molecular weight is 542 g/mol. The number of carboxylic acids is 1. The largest absolute Gasteiger partial charge is 0.480 e. The second-order valence-corrected chi connectivity index (χ2v) is 10.6. The van der Waals surface area contributed by atoms with Crippen LogP contribution in [0.4, 0.5) is 4.79 Å². The number of piperidine rings is 1. The van der Waals surface area contributed by atoms with Crippen LogP contribution < -0.4 is 5.32 Å². The third-order valence-corrected chi connectivity index (χ3v) is 7.79. The molecule has 3 aromatic carbocycles. The van der Waals surface area contributed by atoms with Crippen molar-refractivity contribution < 1.29 is 24.2 Å². The minimum Gasteiger partial charge on any atom is -0.480 e. The number of hydrogen-bond donors (Lipinski definition) is 2. The fourth-order valence-electron chi connectivity index (χ4n) is 5.89. The molecule has 0 bridgehead atoms. The second-order valence-electron chi connectivity index (χ2n) is 10.6. The van der Waals surface area contributed by atoms with Crippen molar-refractivity contribution in [2.75, 3.05) is 26.7 Å². The number of alkyl carbamates (subject to hydrolysis) is 1. The van der Waals surface area contributed by atoms with E-state index in [2.05, 4.69) is 29.6 Å². The molecule has 2 N–H and O–H groups in total. The number of nitrogens with zero attached hydrogens (tertiary/aromatic N) is 2. The Balaban J connectivity index is 1.30. The third-order valence-electron chi connectivity index (χ3n) is 7.79. The van der Waals surface area contributed by atoms with Crippen LogP contribution in [0.15, 0.2) is 78.9 Å². The van der Waals surface area contributed by atoms with Crippen molar-refractivity contribution in [2.45, 2.75) is 43.8 Å². The van der Waals surface area contributed by atoms with Crippen molar-refractivity contribution in [3.05, 3.63) is 95.6 Å². The Labute approximate surface area is 234 Å². The molecule has 8 heteroatoms. The van der Waals surface area contributed by atoms with E-state index in [1.54, 1.807) is 0 Å². The van der Waals surface area contributed by atoms with Gasteiger partial charge in [0.1, 0.15) is 18.7 Å². The zero-order chi connectivity index (χ0) is 28.1. The molecule has 2 amide bonds. The summed E-state index contributed by atoms with van der Waals surface area (Å²) in [5.41, 5.74) is 5.53. The molecule has 1 heterocycles. The first-order valence-corrected chi connectivity index (χ1v) is 13.8. The highest BCUT2D eigenvalue weighted by atomic mass is 16.5. The lowest BCUT2D eigenvalue weighted by Crippen LogP contribution is -2.58. The van der Waals surface area contributed by atoms with Crippen molar-refractivity contribution >= 4 is 18.0 Å². The first kappa shape index (κ1) is 27.4. The molecule has 2 atom stereocenters. The van der Waals surface area contributed by atoms with Gasteiger partial charge in [-0.05, 0) is 54.1 Å². The van der Waals surface area contributed by atoms with Gasteiger partial charge in [0.2, 0.25) is 5.91 Å². The second kappa shape index (κ2) is 12.3. The zero-order valence-corrected chi connectivity index (χ0v) is 22.7. The van der Waals surface area contributed by atoms with Gasteiger partial charge in [-0.15, -0.1) is 0 Å². The summed E-state index contributed by atoms with van der Waals surface area (Å²) in [7, 11) is 1.87. The predicted molar refractivity (Wildman–Crippen MR) is 152 cm³/mol. The minimum atomic E-state index is -1.02. The number of amides is 2. The highest BCUT2D eigenvalue weighted by molar-refractivity contribution is 5.89. The van der Waals surface area contributed by atoms with Gasteiger partial charge in [0.15, 0.2) is 0 Å². The van der Waals surface area contributed by atoms with Crippen LogP contribution in [0.5, 0.6) is 0 Å².